The first-order valence-electron chi connectivity index (χ1n) is 5.86. The number of carbonyl (C=O) groups is 1. The number of hydrogen-bond donors (Lipinski definition) is 0. The van der Waals surface area contributed by atoms with E-state index in [0.717, 1.165) is 0 Å². The number of methoxy groups -OCH3 is 1. The predicted octanol–water partition coefficient (Wildman–Crippen LogP) is 4.31. The van der Waals surface area contributed by atoms with Gasteiger partial charge in [-0.25, -0.2) is 0 Å². The fraction of sp³-hybridized carbons (Fsp3) is 0.133. The van der Waals surface area contributed by atoms with Crippen molar-refractivity contribution < 1.29 is 9.53 Å². The molecule has 0 amide bonds. The second-order valence-corrected chi connectivity index (χ2v) is 3.97. The van der Waals surface area contributed by atoms with E-state index < -0.39 is 0 Å². The van der Waals surface area contributed by atoms with Gasteiger partial charge < -0.3 is 4.74 Å². The molecule has 0 aliphatic rings. The SMILES string of the molecule is COc1ccccc1N=Nc1ccc(C(C)=O)cc1. The Morgan fingerprint density at radius 2 is 1.68 bits per heavy atom. The molecule has 96 valence electrons. The monoisotopic (exact) mass is 254 g/mol. The summed E-state index contributed by atoms with van der Waals surface area (Å²) in [6, 6.07) is 14.4. The smallest absolute Gasteiger partial charge is 0.159 e. The van der Waals surface area contributed by atoms with Gasteiger partial charge in [-0.3, -0.25) is 4.79 Å². The largest absolute Gasteiger partial charge is 0.494 e. The molecule has 0 radical (unpaired) electrons. The lowest BCUT2D eigenvalue weighted by Gasteiger charge is -2.01. The van der Waals surface area contributed by atoms with Crippen molar-refractivity contribution >= 4 is 17.2 Å². The highest BCUT2D eigenvalue weighted by Gasteiger charge is 2.00. The molecule has 2 rings (SSSR count). The van der Waals surface area contributed by atoms with E-state index in [9.17, 15) is 4.79 Å². The molecule has 0 heterocycles. The van der Waals surface area contributed by atoms with Crippen molar-refractivity contribution in [2.75, 3.05) is 7.11 Å². The third kappa shape index (κ3) is 3.25. The molecule has 0 aliphatic heterocycles. The number of benzene rings is 2. The lowest BCUT2D eigenvalue weighted by Crippen LogP contribution is -1.89. The molecule has 2 aromatic rings. The molecule has 0 aromatic heterocycles. The molecule has 2 aromatic carbocycles. The normalized spacial score (nSPS) is 10.6. The van der Waals surface area contributed by atoms with E-state index in [1.165, 1.54) is 6.92 Å². The third-order valence-electron chi connectivity index (χ3n) is 2.63. The van der Waals surface area contributed by atoms with Crippen molar-refractivity contribution in [2.24, 2.45) is 10.2 Å². The summed E-state index contributed by atoms with van der Waals surface area (Å²) in [5, 5.41) is 8.26. The maximum absolute atomic E-state index is 11.1. The summed E-state index contributed by atoms with van der Waals surface area (Å²) >= 11 is 0. The number of azo groups is 1. The van der Waals surface area contributed by atoms with Gasteiger partial charge in [-0.2, -0.15) is 5.11 Å². The van der Waals surface area contributed by atoms with Crippen LogP contribution in [0.1, 0.15) is 17.3 Å². The molecule has 19 heavy (non-hydrogen) atoms. The van der Waals surface area contributed by atoms with Gasteiger partial charge in [-0.1, -0.05) is 12.1 Å². The molecular formula is C15H14N2O2. The number of Topliss-reactive ketones (excluding diaryl/α,β-unsaturated/α-hetero) is 1. The number of carbonyl (C=O) groups excluding carboxylic acids is 1. The number of para-hydroxylation sites is 1. The lowest BCUT2D eigenvalue weighted by atomic mass is 10.1. The zero-order chi connectivity index (χ0) is 13.7. The Labute approximate surface area is 111 Å². The first-order chi connectivity index (χ1) is 9.20. The Bertz CT molecular complexity index is 604. The molecule has 0 N–H and O–H groups in total. The summed E-state index contributed by atoms with van der Waals surface area (Å²) in [5.41, 5.74) is 2.02. The van der Waals surface area contributed by atoms with Gasteiger partial charge in [0.2, 0.25) is 0 Å². The molecule has 0 saturated heterocycles. The summed E-state index contributed by atoms with van der Waals surface area (Å²) in [6.45, 7) is 1.53. The Kier molecular flexibility index (Phi) is 4.03. The number of rotatable bonds is 4. The Balaban J connectivity index is 2.20. The Morgan fingerprint density at radius 1 is 1.00 bits per heavy atom. The van der Waals surface area contributed by atoms with E-state index in [-0.39, 0.29) is 5.78 Å². The molecule has 0 atom stereocenters. The first kappa shape index (κ1) is 13.0. The second-order valence-electron chi connectivity index (χ2n) is 3.97. The van der Waals surface area contributed by atoms with Crippen molar-refractivity contribution in [3.63, 3.8) is 0 Å². The van der Waals surface area contributed by atoms with Gasteiger partial charge in [0.05, 0.1) is 12.8 Å². The fourth-order valence-electron chi connectivity index (χ4n) is 1.59. The molecule has 0 aliphatic carbocycles. The Morgan fingerprint density at radius 3 is 2.32 bits per heavy atom. The maximum Gasteiger partial charge on any atom is 0.159 e. The van der Waals surface area contributed by atoms with Crippen molar-refractivity contribution in [3.05, 3.63) is 54.1 Å². The van der Waals surface area contributed by atoms with Gasteiger partial charge in [0, 0.05) is 5.56 Å². The standard InChI is InChI=1S/C15H14N2O2/c1-11(18)12-7-9-13(10-8-12)16-17-14-5-3-4-6-15(14)19-2/h3-10H,1-2H3. The lowest BCUT2D eigenvalue weighted by molar-refractivity contribution is 0.101. The minimum Gasteiger partial charge on any atom is -0.494 e. The summed E-state index contributed by atoms with van der Waals surface area (Å²) in [5.74, 6) is 0.708. The van der Waals surface area contributed by atoms with Gasteiger partial charge >= 0.3 is 0 Å². The topological polar surface area (TPSA) is 51.0 Å². The van der Waals surface area contributed by atoms with Crippen LogP contribution in [0.2, 0.25) is 0 Å². The first-order valence-corrected chi connectivity index (χ1v) is 5.86. The predicted molar refractivity (Wildman–Crippen MR) is 73.6 cm³/mol. The number of hydrogen-bond acceptors (Lipinski definition) is 4. The van der Waals surface area contributed by atoms with Crippen molar-refractivity contribution in [2.45, 2.75) is 6.92 Å². The quantitative estimate of drug-likeness (QED) is 0.602. The molecule has 4 nitrogen and oxygen atoms in total. The van der Waals surface area contributed by atoms with Crippen LogP contribution in [0.5, 0.6) is 5.75 Å². The molecule has 0 unspecified atom stereocenters. The fourth-order valence-corrected chi connectivity index (χ4v) is 1.59. The van der Waals surface area contributed by atoms with Crippen LogP contribution in [0.4, 0.5) is 11.4 Å². The number of nitrogens with zero attached hydrogens (tertiary/aromatic N) is 2. The summed E-state index contributed by atoms with van der Waals surface area (Å²) in [7, 11) is 1.59. The molecule has 0 saturated carbocycles. The maximum atomic E-state index is 11.1. The minimum absolute atomic E-state index is 0.0354. The molecule has 0 fully saturated rings. The van der Waals surface area contributed by atoms with Crippen LogP contribution in [0.3, 0.4) is 0 Å². The molecule has 0 spiro atoms. The van der Waals surface area contributed by atoms with Crippen LogP contribution >= 0.6 is 0 Å². The van der Waals surface area contributed by atoms with Gasteiger partial charge in [-0.15, -0.1) is 5.11 Å². The average molecular weight is 254 g/mol. The van der Waals surface area contributed by atoms with E-state index in [4.69, 9.17) is 4.74 Å². The van der Waals surface area contributed by atoms with Crippen molar-refractivity contribution in [3.8, 4) is 5.75 Å². The highest BCUT2D eigenvalue weighted by Crippen LogP contribution is 2.28. The van der Waals surface area contributed by atoms with E-state index in [2.05, 4.69) is 10.2 Å². The van der Waals surface area contributed by atoms with E-state index >= 15 is 0 Å². The zero-order valence-corrected chi connectivity index (χ0v) is 10.8. The summed E-state index contributed by atoms with van der Waals surface area (Å²) < 4.78 is 5.19. The van der Waals surface area contributed by atoms with Crippen LogP contribution in [0, 0.1) is 0 Å². The van der Waals surface area contributed by atoms with Crippen molar-refractivity contribution in [1.29, 1.82) is 0 Å². The average Bonchev–Trinajstić information content (AvgIpc) is 2.45. The third-order valence-corrected chi connectivity index (χ3v) is 2.63. The van der Waals surface area contributed by atoms with E-state index in [1.807, 2.05) is 24.3 Å². The highest BCUT2D eigenvalue weighted by atomic mass is 16.5. The highest BCUT2D eigenvalue weighted by molar-refractivity contribution is 5.94. The van der Waals surface area contributed by atoms with Crippen LogP contribution < -0.4 is 4.74 Å². The van der Waals surface area contributed by atoms with E-state index in [0.29, 0.717) is 22.7 Å². The van der Waals surface area contributed by atoms with Crippen LogP contribution in [0.15, 0.2) is 58.8 Å². The zero-order valence-electron chi connectivity index (χ0n) is 10.8. The Hall–Kier alpha value is -2.49. The van der Waals surface area contributed by atoms with Crippen molar-refractivity contribution in [1.82, 2.24) is 0 Å². The molecule has 0 bridgehead atoms. The van der Waals surface area contributed by atoms with Crippen LogP contribution in [-0.4, -0.2) is 12.9 Å². The van der Waals surface area contributed by atoms with E-state index in [1.54, 1.807) is 31.4 Å². The summed E-state index contributed by atoms with van der Waals surface area (Å²) in [4.78, 5) is 11.1. The van der Waals surface area contributed by atoms with Gasteiger partial charge in [0.15, 0.2) is 5.78 Å². The summed E-state index contributed by atoms with van der Waals surface area (Å²) in [6.07, 6.45) is 0. The van der Waals surface area contributed by atoms with Gasteiger partial charge in [0.1, 0.15) is 11.4 Å². The second kappa shape index (κ2) is 5.91. The van der Waals surface area contributed by atoms with Crippen LogP contribution in [0.25, 0.3) is 0 Å². The van der Waals surface area contributed by atoms with Crippen LogP contribution in [-0.2, 0) is 0 Å². The number of ether oxygens (including phenoxy) is 1. The minimum atomic E-state index is 0.0354. The van der Waals surface area contributed by atoms with Gasteiger partial charge in [0.25, 0.3) is 0 Å². The van der Waals surface area contributed by atoms with Gasteiger partial charge in [-0.05, 0) is 43.3 Å². The molecular weight excluding hydrogens is 240 g/mol. The molecule has 4 heteroatoms. The number of ketones is 1.